The second kappa shape index (κ2) is 10.4. The number of carbonyl (C=O) groups is 1. The number of nitrogens with zero attached hydrogens (tertiary/aromatic N) is 4. The van der Waals surface area contributed by atoms with Crippen LogP contribution in [-0.2, 0) is 11.3 Å². The molecule has 0 saturated carbocycles. The third-order valence-corrected chi connectivity index (χ3v) is 8.55. The van der Waals surface area contributed by atoms with Gasteiger partial charge in [-0.05, 0) is 37.9 Å². The molecule has 1 saturated heterocycles. The average molecular weight is 473 g/mol. The van der Waals surface area contributed by atoms with Gasteiger partial charge in [0.25, 0.3) is 5.56 Å². The summed E-state index contributed by atoms with van der Waals surface area (Å²) in [4.78, 5) is 35.5. The molecule has 3 heterocycles. The van der Waals surface area contributed by atoms with Crippen LogP contribution in [0.2, 0.25) is 0 Å². The van der Waals surface area contributed by atoms with Gasteiger partial charge in [0, 0.05) is 36.3 Å². The third kappa shape index (κ3) is 4.87. The number of fused-ring (bicyclic) bond motifs is 3. The highest BCUT2D eigenvalue weighted by atomic mass is 32.2. The largest absolute Gasteiger partial charge is 0.342 e. The highest BCUT2D eigenvalue weighted by molar-refractivity contribution is 7.99. The smallest absolute Gasteiger partial charge is 0.272 e. The van der Waals surface area contributed by atoms with Crippen LogP contribution in [0.3, 0.4) is 0 Å². The Morgan fingerprint density at radius 3 is 2.66 bits per heavy atom. The number of likely N-dealkylation sites (N-methyl/N-ethyl adjacent to an activating group) is 1. The molecule has 1 aromatic carbocycles. The van der Waals surface area contributed by atoms with E-state index in [-0.39, 0.29) is 11.5 Å². The Bertz CT molecular complexity index is 1140. The topological polar surface area (TPSA) is 58.4 Å². The number of thiophene rings is 1. The van der Waals surface area contributed by atoms with Crippen molar-refractivity contribution in [2.45, 2.75) is 45.3 Å². The molecular formula is C24H32N4O2S2. The van der Waals surface area contributed by atoms with Crippen molar-refractivity contribution in [3.63, 3.8) is 0 Å². The summed E-state index contributed by atoms with van der Waals surface area (Å²) in [7, 11) is 0. The quantitative estimate of drug-likeness (QED) is 0.361. The Morgan fingerprint density at radius 2 is 1.94 bits per heavy atom. The van der Waals surface area contributed by atoms with Gasteiger partial charge in [0.15, 0.2) is 5.16 Å². The van der Waals surface area contributed by atoms with Crippen molar-refractivity contribution in [1.29, 1.82) is 0 Å². The first-order valence-corrected chi connectivity index (χ1v) is 13.4. The first kappa shape index (κ1) is 23.3. The fraction of sp³-hybridized carbons (Fsp3) is 0.542. The molecule has 8 heteroatoms. The van der Waals surface area contributed by atoms with Crippen LogP contribution < -0.4 is 5.56 Å². The molecular weight excluding hydrogens is 440 g/mol. The lowest BCUT2D eigenvalue weighted by Gasteiger charge is -2.30. The predicted octanol–water partition coefficient (Wildman–Crippen LogP) is 4.30. The van der Waals surface area contributed by atoms with E-state index in [0.717, 1.165) is 61.2 Å². The molecule has 0 aliphatic carbocycles. The molecule has 32 heavy (non-hydrogen) atoms. The lowest BCUT2D eigenvalue weighted by Crippen LogP contribution is -2.39. The molecule has 0 radical (unpaired) electrons. The molecule has 3 aromatic rings. The summed E-state index contributed by atoms with van der Waals surface area (Å²) >= 11 is 2.91. The molecule has 1 aliphatic heterocycles. The van der Waals surface area contributed by atoms with Crippen LogP contribution in [0, 0.1) is 5.92 Å². The maximum atomic E-state index is 13.5. The number of rotatable bonds is 8. The van der Waals surface area contributed by atoms with Gasteiger partial charge < -0.3 is 9.80 Å². The van der Waals surface area contributed by atoms with Crippen molar-refractivity contribution in [1.82, 2.24) is 19.4 Å². The molecule has 1 fully saturated rings. The van der Waals surface area contributed by atoms with Gasteiger partial charge in [-0.3, -0.25) is 14.2 Å². The van der Waals surface area contributed by atoms with Gasteiger partial charge in [-0.15, -0.1) is 11.3 Å². The van der Waals surface area contributed by atoms with E-state index in [2.05, 4.69) is 25.7 Å². The molecule has 0 unspecified atom stereocenters. The molecule has 1 amide bonds. The van der Waals surface area contributed by atoms with E-state index in [0.29, 0.717) is 28.1 Å². The Balaban J connectivity index is 1.64. The van der Waals surface area contributed by atoms with E-state index in [4.69, 9.17) is 4.98 Å². The lowest BCUT2D eigenvalue weighted by molar-refractivity contribution is -0.129. The van der Waals surface area contributed by atoms with Crippen LogP contribution in [0.1, 0.15) is 33.6 Å². The normalized spacial score (nSPS) is 15.3. The number of piperidine rings is 1. The van der Waals surface area contributed by atoms with Crippen molar-refractivity contribution in [2.24, 2.45) is 5.92 Å². The Labute approximate surface area is 197 Å². The molecule has 1 aliphatic rings. The number of thioether (sulfide) groups is 1. The number of benzene rings is 1. The van der Waals surface area contributed by atoms with E-state index < -0.39 is 0 Å². The highest BCUT2D eigenvalue weighted by Crippen LogP contribution is 2.32. The zero-order valence-corrected chi connectivity index (χ0v) is 20.8. The highest BCUT2D eigenvalue weighted by Gasteiger charge is 2.22. The van der Waals surface area contributed by atoms with Crippen molar-refractivity contribution in [3.05, 3.63) is 34.6 Å². The fourth-order valence-corrected chi connectivity index (χ4v) is 6.23. The van der Waals surface area contributed by atoms with Crippen LogP contribution in [0.5, 0.6) is 0 Å². The molecule has 2 aromatic heterocycles. The number of hydrogen-bond acceptors (Lipinski definition) is 6. The second-order valence-electron chi connectivity index (χ2n) is 8.51. The minimum Gasteiger partial charge on any atom is -0.342 e. The standard InChI is InChI=1S/C24H32N4O2S2/c1-4-26(5-2)14-15-28-23(30)22-21(18-8-6-7-9-19(18)32-22)25-24(28)31-16-20(29)27-12-10-17(3)11-13-27/h6-9,17H,4-5,10-16H2,1-3H3. The van der Waals surface area contributed by atoms with Crippen LogP contribution >= 0.6 is 23.1 Å². The van der Waals surface area contributed by atoms with Crippen molar-refractivity contribution >= 4 is 49.3 Å². The number of likely N-dealkylation sites (tertiary alicyclic amines) is 1. The summed E-state index contributed by atoms with van der Waals surface area (Å²) in [6.45, 7) is 11.4. The van der Waals surface area contributed by atoms with Crippen molar-refractivity contribution in [3.8, 4) is 0 Å². The number of hydrogen-bond donors (Lipinski definition) is 0. The van der Waals surface area contributed by atoms with Gasteiger partial charge in [0.2, 0.25) is 5.91 Å². The molecule has 0 atom stereocenters. The zero-order valence-electron chi connectivity index (χ0n) is 19.2. The first-order chi connectivity index (χ1) is 15.5. The second-order valence-corrected chi connectivity index (χ2v) is 10.5. The Hall–Kier alpha value is -1.90. The lowest BCUT2D eigenvalue weighted by atomic mass is 9.99. The molecule has 0 spiro atoms. The Morgan fingerprint density at radius 1 is 1.22 bits per heavy atom. The summed E-state index contributed by atoms with van der Waals surface area (Å²) in [6, 6.07) is 8.03. The predicted molar refractivity (Wildman–Crippen MR) is 135 cm³/mol. The average Bonchev–Trinajstić information content (AvgIpc) is 3.19. The van der Waals surface area contributed by atoms with Crippen LogP contribution in [0.15, 0.2) is 34.2 Å². The monoisotopic (exact) mass is 472 g/mol. The summed E-state index contributed by atoms with van der Waals surface area (Å²) < 4.78 is 3.56. The van der Waals surface area contributed by atoms with E-state index in [1.54, 1.807) is 4.57 Å². The minimum atomic E-state index is 0.00472. The van der Waals surface area contributed by atoms with E-state index in [1.807, 2.05) is 29.2 Å². The van der Waals surface area contributed by atoms with Crippen molar-refractivity contribution < 1.29 is 4.79 Å². The fourth-order valence-electron chi connectivity index (χ4n) is 4.22. The van der Waals surface area contributed by atoms with Gasteiger partial charge in [-0.2, -0.15) is 0 Å². The van der Waals surface area contributed by atoms with Gasteiger partial charge in [0.1, 0.15) is 4.70 Å². The summed E-state index contributed by atoms with van der Waals surface area (Å²) in [5.74, 6) is 1.15. The first-order valence-electron chi connectivity index (χ1n) is 11.6. The minimum absolute atomic E-state index is 0.00472. The van der Waals surface area contributed by atoms with Crippen LogP contribution in [0.25, 0.3) is 20.3 Å². The molecule has 0 bridgehead atoms. The van der Waals surface area contributed by atoms with Crippen LogP contribution in [0.4, 0.5) is 0 Å². The number of carbonyl (C=O) groups excluding carboxylic acids is 1. The summed E-state index contributed by atoms with van der Waals surface area (Å²) in [5, 5.41) is 1.66. The van der Waals surface area contributed by atoms with E-state index in [9.17, 15) is 9.59 Å². The van der Waals surface area contributed by atoms with Crippen molar-refractivity contribution in [2.75, 3.05) is 38.5 Å². The van der Waals surface area contributed by atoms with E-state index >= 15 is 0 Å². The third-order valence-electron chi connectivity index (χ3n) is 6.44. The zero-order chi connectivity index (χ0) is 22.7. The SMILES string of the molecule is CCN(CC)CCn1c(SCC(=O)N2CCC(C)CC2)nc2c(sc3ccccc32)c1=O. The maximum Gasteiger partial charge on any atom is 0.272 e. The number of amides is 1. The number of aromatic nitrogens is 2. The molecule has 172 valence electrons. The van der Waals surface area contributed by atoms with Crippen LogP contribution in [-0.4, -0.2) is 63.7 Å². The summed E-state index contributed by atoms with van der Waals surface area (Å²) in [5.41, 5.74) is 0.765. The molecule has 0 N–H and O–H groups in total. The van der Waals surface area contributed by atoms with Gasteiger partial charge in [-0.1, -0.05) is 50.7 Å². The van der Waals surface area contributed by atoms with Gasteiger partial charge in [-0.25, -0.2) is 4.98 Å². The van der Waals surface area contributed by atoms with Gasteiger partial charge in [0.05, 0.1) is 11.3 Å². The molecule has 6 nitrogen and oxygen atoms in total. The molecule has 4 rings (SSSR count). The maximum absolute atomic E-state index is 13.5. The van der Waals surface area contributed by atoms with E-state index in [1.165, 1.54) is 23.1 Å². The summed E-state index contributed by atoms with van der Waals surface area (Å²) in [6.07, 6.45) is 2.13. The Kier molecular flexibility index (Phi) is 7.53. The van der Waals surface area contributed by atoms with Gasteiger partial charge >= 0.3 is 0 Å².